The fourth-order valence-corrected chi connectivity index (χ4v) is 5.24. The first-order valence-electron chi connectivity index (χ1n) is 10.9. The van der Waals surface area contributed by atoms with Gasteiger partial charge in [0.15, 0.2) is 6.23 Å². The molecule has 160 valence electrons. The summed E-state index contributed by atoms with van der Waals surface area (Å²) in [5.41, 5.74) is 3.37. The van der Waals surface area contributed by atoms with Gasteiger partial charge in [0.05, 0.1) is 0 Å². The molecule has 1 N–H and O–H groups in total. The normalized spacial score (nSPS) is 18.2. The van der Waals surface area contributed by atoms with Crippen molar-refractivity contribution in [1.82, 2.24) is 4.90 Å². The van der Waals surface area contributed by atoms with Gasteiger partial charge in [-0.25, -0.2) is 0 Å². The van der Waals surface area contributed by atoms with E-state index in [0.29, 0.717) is 6.42 Å². The number of nitrogens with zero attached hydrogens (tertiary/aromatic N) is 2. The number of rotatable bonds is 5. The standard InChI is InChI=1S/C25H27N3O2S/c1-2-4-25(30-19-9-7-18-8-10-24(29)26-21(18)17-19)28-14-12-27(13-15-28)22-5-3-6-23-20(22)11-16-31-23/h2-7,9,11,16-17,25H,8,10,12-15H2,1H3,(H,26,29)/b4-2-. The number of ether oxygens (including phenoxy) is 1. The van der Waals surface area contributed by atoms with E-state index in [-0.39, 0.29) is 12.1 Å². The summed E-state index contributed by atoms with van der Waals surface area (Å²) in [7, 11) is 0. The van der Waals surface area contributed by atoms with Gasteiger partial charge in [0, 0.05) is 60.1 Å². The number of nitrogens with one attached hydrogen (secondary N) is 1. The maximum atomic E-state index is 11.7. The lowest BCUT2D eigenvalue weighted by Crippen LogP contribution is -2.51. The number of anilines is 2. The van der Waals surface area contributed by atoms with Gasteiger partial charge in [-0.15, -0.1) is 11.3 Å². The van der Waals surface area contributed by atoms with E-state index in [1.54, 1.807) is 11.3 Å². The minimum Gasteiger partial charge on any atom is -0.471 e. The van der Waals surface area contributed by atoms with Crippen molar-refractivity contribution in [3.8, 4) is 5.75 Å². The maximum Gasteiger partial charge on any atom is 0.224 e. The minimum atomic E-state index is -0.124. The summed E-state index contributed by atoms with van der Waals surface area (Å²) >= 11 is 1.80. The minimum absolute atomic E-state index is 0.0754. The van der Waals surface area contributed by atoms with Crippen LogP contribution >= 0.6 is 11.3 Å². The number of carbonyl (C=O) groups is 1. The van der Waals surface area contributed by atoms with Crippen LogP contribution in [0.15, 0.2) is 60.0 Å². The Morgan fingerprint density at radius 3 is 2.81 bits per heavy atom. The molecule has 1 unspecified atom stereocenters. The SMILES string of the molecule is C/C=C\C(Oc1ccc2c(c1)NC(=O)CC2)N1CCN(c2cccc3sccc23)CC1. The zero-order valence-electron chi connectivity index (χ0n) is 17.7. The number of aryl methyl sites for hydroxylation is 1. The molecule has 1 saturated heterocycles. The van der Waals surface area contributed by atoms with Crippen LogP contribution in [0, 0.1) is 0 Å². The van der Waals surface area contributed by atoms with Gasteiger partial charge in [0.1, 0.15) is 5.75 Å². The average molecular weight is 434 g/mol. The number of amides is 1. The fraction of sp³-hybridized carbons (Fsp3) is 0.320. The van der Waals surface area contributed by atoms with E-state index < -0.39 is 0 Å². The molecule has 31 heavy (non-hydrogen) atoms. The van der Waals surface area contributed by atoms with Gasteiger partial charge in [-0.2, -0.15) is 0 Å². The molecule has 0 spiro atoms. The highest BCUT2D eigenvalue weighted by Gasteiger charge is 2.25. The summed E-state index contributed by atoms with van der Waals surface area (Å²) in [5.74, 6) is 0.862. The monoisotopic (exact) mass is 433 g/mol. The van der Waals surface area contributed by atoms with E-state index in [2.05, 4.69) is 56.9 Å². The molecular weight excluding hydrogens is 406 g/mol. The van der Waals surface area contributed by atoms with Gasteiger partial charge in [-0.3, -0.25) is 9.69 Å². The first kappa shape index (κ1) is 20.1. The number of fused-ring (bicyclic) bond motifs is 2. The van der Waals surface area contributed by atoms with E-state index in [4.69, 9.17) is 4.74 Å². The van der Waals surface area contributed by atoms with Crippen LogP contribution < -0.4 is 15.0 Å². The zero-order chi connectivity index (χ0) is 21.2. The van der Waals surface area contributed by atoms with Crippen molar-refractivity contribution < 1.29 is 9.53 Å². The van der Waals surface area contributed by atoms with Crippen molar-refractivity contribution in [2.24, 2.45) is 0 Å². The van der Waals surface area contributed by atoms with Gasteiger partial charge < -0.3 is 15.0 Å². The smallest absolute Gasteiger partial charge is 0.224 e. The molecule has 0 aliphatic carbocycles. The summed E-state index contributed by atoms with van der Waals surface area (Å²) in [5, 5.41) is 6.48. The fourth-order valence-electron chi connectivity index (χ4n) is 4.43. The van der Waals surface area contributed by atoms with E-state index in [1.165, 1.54) is 21.3 Å². The molecular formula is C25H27N3O2S. The van der Waals surface area contributed by atoms with Gasteiger partial charge in [-0.1, -0.05) is 18.2 Å². The number of allylic oxidation sites excluding steroid dienone is 1. The average Bonchev–Trinajstić information content (AvgIpc) is 3.28. The summed E-state index contributed by atoms with van der Waals surface area (Å²) in [6.07, 6.45) is 5.37. The lowest BCUT2D eigenvalue weighted by Gasteiger charge is -2.39. The second-order valence-electron chi connectivity index (χ2n) is 8.03. The third-order valence-corrected chi connectivity index (χ3v) is 6.96. The molecule has 5 rings (SSSR count). The Balaban J connectivity index is 1.28. The Kier molecular flexibility index (Phi) is 5.66. The summed E-state index contributed by atoms with van der Waals surface area (Å²) in [6, 6.07) is 14.8. The van der Waals surface area contributed by atoms with Crippen LogP contribution in [-0.4, -0.2) is 43.2 Å². The summed E-state index contributed by atoms with van der Waals surface area (Å²) in [6.45, 7) is 5.81. The van der Waals surface area contributed by atoms with Crippen LogP contribution in [0.2, 0.25) is 0 Å². The lowest BCUT2D eigenvalue weighted by molar-refractivity contribution is -0.116. The molecule has 1 aromatic heterocycles. The topological polar surface area (TPSA) is 44.8 Å². The number of benzene rings is 2. The van der Waals surface area contributed by atoms with E-state index in [1.807, 2.05) is 25.1 Å². The van der Waals surface area contributed by atoms with Crippen LogP contribution in [0.5, 0.6) is 5.75 Å². The van der Waals surface area contributed by atoms with E-state index in [0.717, 1.165) is 44.0 Å². The van der Waals surface area contributed by atoms with Crippen LogP contribution in [0.25, 0.3) is 10.1 Å². The third kappa shape index (κ3) is 4.18. The molecule has 5 nitrogen and oxygen atoms in total. The predicted octanol–water partition coefficient (Wildman–Crippen LogP) is 4.89. The van der Waals surface area contributed by atoms with Crippen molar-refractivity contribution >= 4 is 38.7 Å². The largest absolute Gasteiger partial charge is 0.471 e. The molecule has 0 bridgehead atoms. The third-order valence-electron chi connectivity index (χ3n) is 6.08. The maximum absolute atomic E-state index is 11.7. The van der Waals surface area contributed by atoms with Crippen LogP contribution in [0.3, 0.4) is 0 Å². The Morgan fingerprint density at radius 2 is 1.97 bits per heavy atom. The second kappa shape index (κ2) is 8.73. The quantitative estimate of drug-likeness (QED) is 0.582. The molecule has 1 amide bonds. The highest BCUT2D eigenvalue weighted by atomic mass is 32.1. The van der Waals surface area contributed by atoms with Crippen LogP contribution in [-0.2, 0) is 11.2 Å². The Morgan fingerprint density at radius 1 is 1.10 bits per heavy atom. The van der Waals surface area contributed by atoms with E-state index in [9.17, 15) is 4.79 Å². The molecule has 1 fully saturated rings. The van der Waals surface area contributed by atoms with Crippen molar-refractivity contribution in [1.29, 1.82) is 0 Å². The molecule has 0 saturated carbocycles. The molecule has 3 heterocycles. The first-order chi connectivity index (χ1) is 15.2. The van der Waals surface area contributed by atoms with Gasteiger partial charge in [0.25, 0.3) is 0 Å². The number of carbonyl (C=O) groups excluding carboxylic acids is 1. The van der Waals surface area contributed by atoms with Gasteiger partial charge in [-0.05, 0) is 54.6 Å². The van der Waals surface area contributed by atoms with Crippen LogP contribution in [0.4, 0.5) is 11.4 Å². The molecule has 3 aromatic rings. The number of hydrogen-bond donors (Lipinski definition) is 1. The second-order valence-corrected chi connectivity index (χ2v) is 8.98. The highest BCUT2D eigenvalue weighted by molar-refractivity contribution is 7.17. The van der Waals surface area contributed by atoms with Gasteiger partial charge in [0.2, 0.25) is 5.91 Å². The summed E-state index contributed by atoms with van der Waals surface area (Å²) in [4.78, 5) is 16.6. The summed E-state index contributed by atoms with van der Waals surface area (Å²) < 4.78 is 7.71. The molecule has 2 aromatic carbocycles. The highest BCUT2D eigenvalue weighted by Crippen LogP contribution is 2.32. The van der Waals surface area contributed by atoms with Crippen molar-refractivity contribution in [3.63, 3.8) is 0 Å². The zero-order valence-corrected chi connectivity index (χ0v) is 18.5. The lowest BCUT2D eigenvalue weighted by atomic mass is 10.0. The molecule has 0 radical (unpaired) electrons. The van der Waals surface area contributed by atoms with Crippen molar-refractivity contribution in [3.05, 3.63) is 65.6 Å². The van der Waals surface area contributed by atoms with Crippen LogP contribution in [0.1, 0.15) is 18.9 Å². The van der Waals surface area contributed by atoms with Gasteiger partial charge >= 0.3 is 0 Å². The first-order valence-corrected chi connectivity index (χ1v) is 11.8. The van der Waals surface area contributed by atoms with E-state index >= 15 is 0 Å². The Bertz CT molecular complexity index is 1110. The Labute approximate surface area is 186 Å². The predicted molar refractivity (Wildman–Crippen MR) is 128 cm³/mol. The molecule has 6 heteroatoms. The number of piperazine rings is 1. The Hall–Kier alpha value is -2.83. The molecule has 1 atom stereocenters. The van der Waals surface area contributed by atoms with Crippen molar-refractivity contribution in [2.45, 2.75) is 26.0 Å². The van der Waals surface area contributed by atoms with Crippen molar-refractivity contribution in [2.75, 3.05) is 36.4 Å². The number of thiophene rings is 1. The number of hydrogen-bond acceptors (Lipinski definition) is 5. The molecule has 2 aliphatic rings. The molecule has 2 aliphatic heterocycles.